The average molecular weight is 330 g/mol. The van der Waals surface area contributed by atoms with E-state index in [9.17, 15) is 4.79 Å². The molecule has 0 saturated carbocycles. The van der Waals surface area contributed by atoms with Gasteiger partial charge in [0.05, 0.1) is 5.56 Å². The largest absolute Gasteiger partial charge is 0.351 e. The summed E-state index contributed by atoms with van der Waals surface area (Å²) < 4.78 is 0. The number of thiophene rings is 1. The van der Waals surface area contributed by atoms with E-state index in [4.69, 9.17) is 0 Å². The number of carbonyl (C=O) groups is 1. The predicted octanol–water partition coefficient (Wildman–Crippen LogP) is 1.68. The van der Waals surface area contributed by atoms with Crippen molar-refractivity contribution in [1.82, 2.24) is 15.5 Å². The average Bonchev–Trinajstić information content (AvgIpc) is 2.92. The molecule has 1 fully saturated rings. The lowest BCUT2D eigenvalue weighted by molar-refractivity contribution is 0.0946. The van der Waals surface area contributed by atoms with Gasteiger partial charge in [0.2, 0.25) is 0 Å². The Morgan fingerprint density at radius 3 is 2.86 bits per heavy atom. The van der Waals surface area contributed by atoms with Crippen LogP contribution in [-0.2, 0) is 12.8 Å². The first-order valence-corrected chi connectivity index (χ1v) is 8.53. The first-order valence-electron chi connectivity index (χ1n) is 7.65. The summed E-state index contributed by atoms with van der Waals surface area (Å²) in [7, 11) is 0. The Morgan fingerprint density at radius 1 is 1.29 bits per heavy atom. The van der Waals surface area contributed by atoms with Crippen LogP contribution in [0.2, 0.25) is 0 Å². The van der Waals surface area contributed by atoms with Crippen molar-refractivity contribution >= 4 is 29.7 Å². The van der Waals surface area contributed by atoms with Crippen LogP contribution in [-0.4, -0.2) is 50.1 Å². The van der Waals surface area contributed by atoms with Crippen LogP contribution >= 0.6 is 23.7 Å². The van der Waals surface area contributed by atoms with E-state index in [-0.39, 0.29) is 18.3 Å². The summed E-state index contributed by atoms with van der Waals surface area (Å²) in [6, 6.07) is 0. The molecule has 1 aliphatic carbocycles. The molecule has 0 radical (unpaired) electrons. The van der Waals surface area contributed by atoms with Crippen molar-refractivity contribution < 1.29 is 4.79 Å². The molecule has 118 valence electrons. The van der Waals surface area contributed by atoms with Gasteiger partial charge < -0.3 is 10.6 Å². The van der Waals surface area contributed by atoms with Crippen LogP contribution in [0.4, 0.5) is 0 Å². The highest BCUT2D eigenvalue weighted by atomic mass is 35.5. The molecule has 1 aromatic heterocycles. The third-order valence-electron chi connectivity index (χ3n) is 4.23. The van der Waals surface area contributed by atoms with Gasteiger partial charge in [-0.25, -0.2) is 0 Å². The molecular weight excluding hydrogens is 306 g/mol. The molecule has 2 heterocycles. The maximum Gasteiger partial charge on any atom is 0.252 e. The molecule has 1 aromatic rings. The van der Waals surface area contributed by atoms with E-state index >= 15 is 0 Å². The molecule has 2 aliphatic rings. The van der Waals surface area contributed by atoms with Gasteiger partial charge in [0.15, 0.2) is 0 Å². The first kappa shape index (κ1) is 16.7. The van der Waals surface area contributed by atoms with Crippen molar-refractivity contribution in [2.75, 3.05) is 39.3 Å². The van der Waals surface area contributed by atoms with Gasteiger partial charge in [0, 0.05) is 49.5 Å². The maximum atomic E-state index is 12.3. The second kappa shape index (κ2) is 8.13. The molecule has 21 heavy (non-hydrogen) atoms. The maximum absolute atomic E-state index is 12.3. The van der Waals surface area contributed by atoms with Gasteiger partial charge in [-0.3, -0.25) is 9.69 Å². The second-order valence-electron chi connectivity index (χ2n) is 5.61. The summed E-state index contributed by atoms with van der Waals surface area (Å²) in [6.45, 7) is 6.01. The third-order valence-corrected chi connectivity index (χ3v) is 5.32. The standard InChI is InChI=1S/C15H23N3OS.ClH/c19-15(17-7-10-18-8-5-16-6-9-18)13-11-20-14-4-2-1-3-12(13)14;/h11,16H,1-10H2,(H,17,19);1H. The Hall–Kier alpha value is -0.620. The van der Waals surface area contributed by atoms with E-state index in [1.807, 2.05) is 0 Å². The lowest BCUT2D eigenvalue weighted by atomic mass is 9.96. The summed E-state index contributed by atoms with van der Waals surface area (Å²) >= 11 is 1.76. The van der Waals surface area contributed by atoms with Crippen molar-refractivity contribution in [1.29, 1.82) is 0 Å². The Morgan fingerprint density at radius 2 is 2.05 bits per heavy atom. The van der Waals surface area contributed by atoms with Crippen LogP contribution in [0.1, 0.15) is 33.6 Å². The monoisotopic (exact) mass is 329 g/mol. The fraction of sp³-hybridized carbons (Fsp3) is 0.667. The molecule has 4 nitrogen and oxygen atoms in total. The highest BCUT2D eigenvalue weighted by Gasteiger charge is 2.20. The number of nitrogens with one attached hydrogen (secondary N) is 2. The van der Waals surface area contributed by atoms with Gasteiger partial charge in [0.1, 0.15) is 0 Å². The molecule has 1 saturated heterocycles. The molecular formula is C15H24ClN3OS. The van der Waals surface area contributed by atoms with Crippen molar-refractivity contribution in [2.24, 2.45) is 0 Å². The van der Waals surface area contributed by atoms with Crippen LogP contribution in [0.25, 0.3) is 0 Å². The number of hydrogen-bond acceptors (Lipinski definition) is 4. The minimum atomic E-state index is 0. The molecule has 0 aromatic carbocycles. The first-order chi connectivity index (χ1) is 9.84. The second-order valence-corrected chi connectivity index (χ2v) is 6.57. The van der Waals surface area contributed by atoms with Crippen molar-refractivity contribution in [2.45, 2.75) is 25.7 Å². The Kier molecular flexibility index (Phi) is 6.48. The molecule has 0 unspecified atom stereocenters. The van der Waals surface area contributed by atoms with Crippen LogP contribution < -0.4 is 10.6 Å². The van der Waals surface area contributed by atoms with E-state index < -0.39 is 0 Å². The minimum absolute atomic E-state index is 0. The number of hydrogen-bond donors (Lipinski definition) is 2. The van der Waals surface area contributed by atoms with E-state index in [1.54, 1.807) is 11.3 Å². The van der Waals surface area contributed by atoms with E-state index in [0.717, 1.165) is 57.7 Å². The molecule has 2 N–H and O–H groups in total. The number of halogens is 1. The highest BCUT2D eigenvalue weighted by molar-refractivity contribution is 7.10. The molecule has 6 heteroatoms. The van der Waals surface area contributed by atoms with Gasteiger partial charge in [0.25, 0.3) is 5.91 Å². The predicted molar refractivity (Wildman–Crippen MR) is 89.9 cm³/mol. The van der Waals surface area contributed by atoms with Gasteiger partial charge in [-0.05, 0) is 31.2 Å². The molecule has 0 bridgehead atoms. The van der Waals surface area contributed by atoms with Gasteiger partial charge in [-0.1, -0.05) is 0 Å². The molecule has 0 atom stereocenters. The number of nitrogens with zero attached hydrogens (tertiary/aromatic N) is 1. The van der Waals surface area contributed by atoms with Crippen LogP contribution in [0.5, 0.6) is 0 Å². The number of aryl methyl sites for hydroxylation is 1. The Balaban J connectivity index is 0.00000161. The van der Waals surface area contributed by atoms with Crippen LogP contribution in [0, 0.1) is 0 Å². The van der Waals surface area contributed by atoms with Gasteiger partial charge >= 0.3 is 0 Å². The number of piperazine rings is 1. The number of rotatable bonds is 4. The zero-order valence-corrected chi connectivity index (χ0v) is 14.0. The molecule has 1 aliphatic heterocycles. The molecule has 1 amide bonds. The summed E-state index contributed by atoms with van der Waals surface area (Å²) in [5, 5.41) is 8.48. The SMILES string of the molecule is Cl.O=C(NCCN1CCNCC1)c1csc2c1CCCC2. The molecule has 0 spiro atoms. The van der Waals surface area contributed by atoms with Crippen molar-refractivity contribution in [3.8, 4) is 0 Å². The third kappa shape index (κ3) is 4.19. The number of amides is 1. The van der Waals surface area contributed by atoms with Crippen LogP contribution in [0.15, 0.2) is 5.38 Å². The molecule has 3 rings (SSSR count). The summed E-state index contributed by atoms with van der Waals surface area (Å²) in [5.41, 5.74) is 2.26. The van der Waals surface area contributed by atoms with E-state index in [2.05, 4.69) is 20.9 Å². The van der Waals surface area contributed by atoms with Crippen molar-refractivity contribution in [3.05, 3.63) is 21.4 Å². The highest BCUT2D eigenvalue weighted by Crippen LogP contribution is 2.29. The quantitative estimate of drug-likeness (QED) is 0.883. The zero-order chi connectivity index (χ0) is 13.8. The summed E-state index contributed by atoms with van der Waals surface area (Å²) in [4.78, 5) is 16.1. The topological polar surface area (TPSA) is 44.4 Å². The van der Waals surface area contributed by atoms with E-state index in [0.29, 0.717) is 0 Å². The van der Waals surface area contributed by atoms with E-state index in [1.165, 1.54) is 23.3 Å². The fourth-order valence-electron chi connectivity index (χ4n) is 3.04. The Labute approximate surface area is 136 Å². The van der Waals surface area contributed by atoms with Crippen molar-refractivity contribution in [3.63, 3.8) is 0 Å². The van der Waals surface area contributed by atoms with Gasteiger partial charge in [-0.2, -0.15) is 0 Å². The lowest BCUT2D eigenvalue weighted by Gasteiger charge is -2.27. The smallest absolute Gasteiger partial charge is 0.252 e. The Bertz CT molecular complexity index is 471. The zero-order valence-electron chi connectivity index (χ0n) is 12.3. The minimum Gasteiger partial charge on any atom is -0.351 e. The summed E-state index contributed by atoms with van der Waals surface area (Å²) in [5.74, 6) is 0.125. The lowest BCUT2D eigenvalue weighted by Crippen LogP contribution is -2.46. The summed E-state index contributed by atoms with van der Waals surface area (Å²) in [6.07, 6.45) is 4.75. The number of carbonyl (C=O) groups excluding carboxylic acids is 1. The van der Waals surface area contributed by atoms with Gasteiger partial charge in [-0.15, -0.1) is 23.7 Å². The number of fused-ring (bicyclic) bond motifs is 1. The normalized spacial score (nSPS) is 18.7. The fourth-order valence-corrected chi connectivity index (χ4v) is 4.17. The van der Waals surface area contributed by atoms with Crippen LogP contribution in [0.3, 0.4) is 0 Å².